The van der Waals surface area contributed by atoms with Gasteiger partial charge in [-0.05, 0) is 20.8 Å². The molecule has 2 fully saturated rings. The lowest BCUT2D eigenvalue weighted by Gasteiger charge is -2.23. The lowest BCUT2D eigenvalue weighted by Crippen LogP contribution is -2.33. The number of rotatable bonds is 0. The Morgan fingerprint density at radius 1 is 1.25 bits per heavy atom. The number of hydrogen-bond acceptors (Lipinski definition) is 3. The van der Waals surface area contributed by atoms with Crippen molar-refractivity contribution in [3.05, 3.63) is 0 Å². The van der Waals surface area contributed by atoms with Crippen LogP contribution < -0.4 is 0 Å². The monoisotopic (exact) mass is 172 g/mol. The molecule has 2 rings (SSSR count). The van der Waals surface area contributed by atoms with Crippen molar-refractivity contribution in [2.45, 2.75) is 44.7 Å². The molecular weight excluding hydrogens is 156 g/mol. The molecule has 2 aliphatic heterocycles. The topological polar surface area (TPSA) is 27.7 Å². The van der Waals surface area contributed by atoms with Gasteiger partial charge in [0, 0.05) is 6.42 Å². The summed E-state index contributed by atoms with van der Waals surface area (Å²) in [5.74, 6) is -0.412. The van der Waals surface area contributed by atoms with E-state index in [0.29, 0.717) is 13.2 Å². The Morgan fingerprint density at radius 3 is 2.75 bits per heavy atom. The molecule has 0 aliphatic carbocycles. The molecule has 3 unspecified atom stereocenters. The molecule has 0 aromatic carbocycles. The Morgan fingerprint density at radius 2 is 2.00 bits per heavy atom. The molecule has 3 nitrogen and oxygen atoms in total. The highest BCUT2D eigenvalue weighted by atomic mass is 16.8. The first kappa shape index (κ1) is 8.48. The van der Waals surface area contributed by atoms with E-state index in [1.807, 2.05) is 13.8 Å². The van der Waals surface area contributed by atoms with Crippen molar-refractivity contribution in [2.24, 2.45) is 0 Å². The molecule has 2 aliphatic rings. The highest BCUT2D eigenvalue weighted by molar-refractivity contribution is 4.89. The van der Waals surface area contributed by atoms with Gasteiger partial charge in [0.05, 0.1) is 19.3 Å². The van der Waals surface area contributed by atoms with Crippen LogP contribution in [0.1, 0.15) is 27.2 Å². The summed E-state index contributed by atoms with van der Waals surface area (Å²) in [6.07, 6.45) is 1.06. The second-order valence-corrected chi connectivity index (χ2v) is 4.30. The summed E-state index contributed by atoms with van der Waals surface area (Å²) in [5.41, 5.74) is -0.223. The molecule has 2 saturated heterocycles. The quantitative estimate of drug-likeness (QED) is 0.551. The van der Waals surface area contributed by atoms with Crippen LogP contribution in [0.15, 0.2) is 0 Å². The van der Waals surface area contributed by atoms with Gasteiger partial charge in [-0.25, -0.2) is 0 Å². The van der Waals surface area contributed by atoms with Crippen molar-refractivity contribution in [1.82, 2.24) is 0 Å². The first-order valence-corrected chi connectivity index (χ1v) is 4.47. The second-order valence-electron chi connectivity index (χ2n) is 4.30. The van der Waals surface area contributed by atoms with Gasteiger partial charge in [0.15, 0.2) is 5.79 Å². The second kappa shape index (κ2) is 2.44. The van der Waals surface area contributed by atoms with Crippen molar-refractivity contribution in [1.29, 1.82) is 0 Å². The lowest BCUT2D eigenvalue weighted by molar-refractivity contribution is -0.168. The minimum absolute atomic E-state index is 0.223. The van der Waals surface area contributed by atoms with E-state index in [1.54, 1.807) is 0 Å². The smallest absolute Gasteiger partial charge is 0.169 e. The third-order valence-corrected chi connectivity index (χ3v) is 2.48. The minimum atomic E-state index is -0.412. The van der Waals surface area contributed by atoms with Gasteiger partial charge < -0.3 is 14.2 Å². The highest BCUT2D eigenvalue weighted by Gasteiger charge is 2.48. The molecule has 0 spiro atoms. The average Bonchev–Trinajstić information content (AvgIpc) is 2.18. The van der Waals surface area contributed by atoms with Gasteiger partial charge in [0.25, 0.3) is 0 Å². The van der Waals surface area contributed by atoms with Crippen LogP contribution in [-0.4, -0.2) is 30.7 Å². The van der Waals surface area contributed by atoms with Gasteiger partial charge in [-0.15, -0.1) is 0 Å². The normalized spacial score (nSPS) is 53.8. The Hall–Kier alpha value is -0.120. The van der Waals surface area contributed by atoms with Gasteiger partial charge in [-0.2, -0.15) is 0 Å². The van der Waals surface area contributed by atoms with Crippen LogP contribution in [0.3, 0.4) is 0 Å². The summed E-state index contributed by atoms with van der Waals surface area (Å²) in [6.45, 7) is 7.38. The summed E-state index contributed by atoms with van der Waals surface area (Å²) in [5, 5.41) is 0. The molecule has 0 N–H and O–H groups in total. The zero-order chi connectivity index (χ0) is 8.82. The van der Waals surface area contributed by atoms with E-state index >= 15 is 0 Å². The van der Waals surface area contributed by atoms with Crippen LogP contribution in [0, 0.1) is 0 Å². The van der Waals surface area contributed by atoms with E-state index in [4.69, 9.17) is 14.2 Å². The molecule has 12 heavy (non-hydrogen) atoms. The summed E-state index contributed by atoms with van der Waals surface area (Å²) in [7, 11) is 0. The Labute approximate surface area is 73.0 Å². The molecule has 70 valence electrons. The summed E-state index contributed by atoms with van der Waals surface area (Å²) in [4.78, 5) is 0. The van der Waals surface area contributed by atoms with Crippen LogP contribution in [0.25, 0.3) is 0 Å². The largest absolute Gasteiger partial charge is 0.375 e. The third kappa shape index (κ3) is 1.37. The van der Waals surface area contributed by atoms with Crippen LogP contribution in [0.2, 0.25) is 0 Å². The van der Waals surface area contributed by atoms with Crippen molar-refractivity contribution < 1.29 is 14.2 Å². The Balaban J connectivity index is 2.18. The van der Waals surface area contributed by atoms with E-state index in [2.05, 4.69) is 6.92 Å². The maximum Gasteiger partial charge on any atom is 0.169 e. The van der Waals surface area contributed by atoms with Crippen LogP contribution in [0.5, 0.6) is 0 Å². The average molecular weight is 172 g/mol. The molecule has 0 radical (unpaired) electrons. The standard InChI is InChI=1S/C9H16O3/c1-7-4-9(3)11-6-8(2,12-9)5-10-7/h7H,4-6H2,1-3H3. The fourth-order valence-electron chi connectivity index (χ4n) is 1.96. The number of hydrogen-bond donors (Lipinski definition) is 0. The van der Waals surface area contributed by atoms with Gasteiger partial charge in [0.2, 0.25) is 0 Å². The van der Waals surface area contributed by atoms with Crippen molar-refractivity contribution in [2.75, 3.05) is 13.2 Å². The zero-order valence-electron chi connectivity index (χ0n) is 7.92. The van der Waals surface area contributed by atoms with E-state index in [9.17, 15) is 0 Å². The van der Waals surface area contributed by atoms with E-state index in [0.717, 1.165) is 6.42 Å². The predicted octanol–water partition coefficient (Wildman–Crippen LogP) is 1.32. The summed E-state index contributed by atoms with van der Waals surface area (Å²) in [6, 6.07) is 0. The molecule has 0 amide bonds. The minimum Gasteiger partial charge on any atom is -0.375 e. The highest BCUT2D eigenvalue weighted by Crippen LogP contribution is 2.37. The maximum absolute atomic E-state index is 5.82. The molecule has 2 heterocycles. The van der Waals surface area contributed by atoms with Crippen molar-refractivity contribution in [3.63, 3.8) is 0 Å². The molecule has 3 atom stereocenters. The van der Waals surface area contributed by atoms with Gasteiger partial charge >= 0.3 is 0 Å². The van der Waals surface area contributed by atoms with Gasteiger partial charge in [-0.1, -0.05) is 0 Å². The zero-order valence-corrected chi connectivity index (χ0v) is 7.92. The molecule has 0 aromatic rings. The molecule has 2 bridgehead atoms. The maximum atomic E-state index is 5.82. The fourth-order valence-corrected chi connectivity index (χ4v) is 1.96. The van der Waals surface area contributed by atoms with Crippen LogP contribution in [-0.2, 0) is 14.2 Å². The number of fused-ring (bicyclic) bond motifs is 2. The van der Waals surface area contributed by atoms with Crippen molar-refractivity contribution >= 4 is 0 Å². The molecular formula is C9H16O3. The Kier molecular flexibility index (Phi) is 1.72. The summed E-state index contributed by atoms with van der Waals surface area (Å²) >= 11 is 0. The van der Waals surface area contributed by atoms with Crippen molar-refractivity contribution in [3.8, 4) is 0 Å². The summed E-state index contributed by atoms with van der Waals surface area (Å²) < 4.78 is 17.0. The first-order valence-electron chi connectivity index (χ1n) is 4.47. The fraction of sp³-hybridized carbons (Fsp3) is 1.00. The van der Waals surface area contributed by atoms with E-state index in [-0.39, 0.29) is 11.7 Å². The lowest BCUT2D eigenvalue weighted by atomic mass is 10.1. The molecule has 0 saturated carbocycles. The van der Waals surface area contributed by atoms with Crippen LogP contribution >= 0.6 is 0 Å². The predicted molar refractivity (Wildman–Crippen MR) is 43.9 cm³/mol. The van der Waals surface area contributed by atoms with E-state index in [1.165, 1.54) is 0 Å². The SMILES string of the molecule is CC1CC2(C)OCC(C)(CO1)O2. The first-order chi connectivity index (χ1) is 5.52. The van der Waals surface area contributed by atoms with Gasteiger partial charge in [-0.3, -0.25) is 0 Å². The molecule has 3 heteroatoms. The Bertz CT molecular complexity index is 194. The number of ether oxygens (including phenoxy) is 3. The van der Waals surface area contributed by atoms with E-state index < -0.39 is 5.79 Å². The van der Waals surface area contributed by atoms with Crippen LogP contribution in [0.4, 0.5) is 0 Å². The third-order valence-electron chi connectivity index (χ3n) is 2.48. The van der Waals surface area contributed by atoms with Gasteiger partial charge in [0.1, 0.15) is 5.60 Å². The molecule has 0 aromatic heterocycles.